The Hall–Kier alpha value is -1.98. The van der Waals surface area contributed by atoms with Crippen LogP contribution in [0.25, 0.3) is 11.0 Å². The number of fused-ring (bicyclic) bond motifs is 2. The number of rotatable bonds is 2. The number of nitrogens with one attached hydrogen (secondary N) is 1. The molecular weight excluding hydrogens is 308 g/mol. The number of nitrogens with zero attached hydrogens (tertiary/aromatic N) is 1. The van der Waals surface area contributed by atoms with Crippen LogP contribution in [0, 0.1) is 4.77 Å². The van der Waals surface area contributed by atoms with E-state index in [2.05, 4.69) is 4.98 Å². The minimum Gasteiger partial charge on any atom is -0.454 e. The van der Waals surface area contributed by atoms with Crippen LogP contribution in [-0.4, -0.2) is 16.3 Å². The average Bonchev–Trinajstić information content (AvgIpc) is 3.03. The lowest BCUT2D eigenvalue weighted by atomic mass is 10.2. The van der Waals surface area contributed by atoms with Gasteiger partial charge in [0.25, 0.3) is 0 Å². The molecule has 2 heterocycles. The Balaban J connectivity index is 1.77. The number of hydrogen-bond donors (Lipinski definition) is 1. The Bertz CT molecular complexity index is 900. The van der Waals surface area contributed by atoms with E-state index in [1.165, 1.54) is 0 Å². The SMILES string of the molecule is S=c1[nH]c2cc(Cl)ccc2n1Cc1ccc2c(c1)OCO2. The van der Waals surface area contributed by atoms with Crippen molar-refractivity contribution < 1.29 is 9.47 Å². The van der Waals surface area contributed by atoms with Crippen molar-refractivity contribution in [1.82, 2.24) is 9.55 Å². The first kappa shape index (κ1) is 12.7. The van der Waals surface area contributed by atoms with Crippen LogP contribution < -0.4 is 9.47 Å². The van der Waals surface area contributed by atoms with Gasteiger partial charge in [-0.1, -0.05) is 17.7 Å². The summed E-state index contributed by atoms with van der Waals surface area (Å²) >= 11 is 11.4. The first-order chi connectivity index (χ1) is 10.2. The summed E-state index contributed by atoms with van der Waals surface area (Å²) in [6, 6.07) is 11.6. The van der Waals surface area contributed by atoms with E-state index < -0.39 is 0 Å². The molecule has 0 aliphatic carbocycles. The summed E-state index contributed by atoms with van der Waals surface area (Å²) in [4.78, 5) is 3.18. The fourth-order valence-electron chi connectivity index (χ4n) is 2.51. The van der Waals surface area contributed by atoms with Crippen LogP contribution in [0.5, 0.6) is 11.5 Å². The number of imidazole rings is 1. The summed E-state index contributed by atoms with van der Waals surface area (Å²) in [6.45, 7) is 0.945. The molecule has 1 aliphatic heterocycles. The number of H-pyrrole nitrogens is 1. The number of benzene rings is 2. The van der Waals surface area contributed by atoms with Gasteiger partial charge in [0.15, 0.2) is 16.3 Å². The standard InChI is InChI=1S/C15H11ClN2O2S/c16-10-2-3-12-11(6-10)17-15(21)18(12)7-9-1-4-13-14(5-9)20-8-19-13/h1-6H,7-8H2,(H,17,21). The molecule has 0 unspecified atom stereocenters. The molecule has 0 bridgehead atoms. The predicted octanol–water partition coefficient (Wildman–Crippen LogP) is 4.13. The minimum absolute atomic E-state index is 0.282. The van der Waals surface area contributed by atoms with Crippen LogP contribution in [0.15, 0.2) is 36.4 Å². The van der Waals surface area contributed by atoms with Gasteiger partial charge in [-0.15, -0.1) is 0 Å². The normalized spacial score (nSPS) is 13.0. The maximum atomic E-state index is 6.01. The molecule has 0 saturated carbocycles. The van der Waals surface area contributed by atoms with Crippen LogP contribution in [-0.2, 0) is 6.54 Å². The topological polar surface area (TPSA) is 39.2 Å². The summed E-state index contributed by atoms with van der Waals surface area (Å²) in [5, 5.41) is 0.689. The molecule has 0 spiro atoms. The van der Waals surface area contributed by atoms with Gasteiger partial charge in [0.05, 0.1) is 17.6 Å². The van der Waals surface area contributed by atoms with Crippen LogP contribution in [0.4, 0.5) is 0 Å². The molecule has 1 aliphatic rings. The van der Waals surface area contributed by atoms with E-state index in [1.807, 2.05) is 41.0 Å². The lowest BCUT2D eigenvalue weighted by Crippen LogP contribution is -1.99. The fourth-order valence-corrected chi connectivity index (χ4v) is 2.96. The van der Waals surface area contributed by atoms with Crippen LogP contribution in [0.3, 0.4) is 0 Å². The van der Waals surface area contributed by atoms with E-state index in [0.717, 1.165) is 28.1 Å². The molecule has 1 aromatic heterocycles. The van der Waals surface area contributed by atoms with E-state index in [-0.39, 0.29) is 6.79 Å². The Morgan fingerprint density at radius 3 is 2.90 bits per heavy atom. The van der Waals surface area contributed by atoms with E-state index in [1.54, 1.807) is 0 Å². The zero-order valence-corrected chi connectivity index (χ0v) is 12.5. The third-order valence-electron chi connectivity index (χ3n) is 3.51. The highest BCUT2D eigenvalue weighted by Crippen LogP contribution is 2.33. The van der Waals surface area contributed by atoms with Gasteiger partial charge in [-0.05, 0) is 48.1 Å². The largest absolute Gasteiger partial charge is 0.454 e. The summed E-state index contributed by atoms with van der Waals surface area (Å²) in [7, 11) is 0. The van der Waals surface area contributed by atoms with Crippen LogP contribution in [0.1, 0.15) is 5.56 Å². The third kappa shape index (κ3) is 2.18. The molecule has 0 saturated heterocycles. The summed E-state index contributed by atoms with van der Waals surface area (Å²) in [6.07, 6.45) is 0. The second kappa shape index (κ2) is 4.79. The molecule has 1 N–H and O–H groups in total. The van der Waals surface area contributed by atoms with Crippen molar-refractivity contribution in [3.05, 3.63) is 51.8 Å². The van der Waals surface area contributed by atoms with Crippen molar-refractivity contribution >= 4 is 34.9 Å². The number of hydrogen-bond acceptors (Lipinski definition) is 3. The zero-order valence-electron chi connectivity index (χ0n) is 10.9. The number of halogens is 1. The quantitative estimate of drug-likeness (QED) is 0.722. The molecular formula is C15H11ClN2O2S. The van der Waals surface area contributed by atoms with Gasteiger partial charge in [-0.2, -0.15) is 0 Å². The number of ether oxygens (including phenoxy) is 2. The molecule has 0 amide bonds. The maximum Gasteiger partial charge on any atom is 0.231 e. The molecule has 21 heavy (non-hydrogen) atoms. The van der Waals surface area contributed by atoms with Crippen LogP contribution >= 0.6 is 23.8 Å². The molecule has 0 atom stereocenters. The Kier molecular flexibility index (Phi) is 2.90. The van der Waals surface area contributed by atoms with Gasteiger partial charge in [0.2, 0.25) is 6.79 Å². The molecule has 4 rings (SSSR count). The highest BCUT2D eigenvalue weighted by Gasteiger charge is 2.14. The van der Waals surface area contributed by atoms with Crippen molar-refractivity contribution in [3.63, 3.8) is 0 Å². The van der Waals surface area contributed by atoms with Gasteiger partial charge in [-0.3, -0.25) is 0 Å². The second-order valence-corrected chi connectivity index (χ2v) is 5.69. The van der Waals surface area contributed by atoms with Crippen molar-refractivity contribution in [2.75, 3.05) is 6.79 Å². The smallest absolute Gasteiger partial charge is 0.231 e. The van der Waals surface area contributed by atoms with Gasteiger partial charge in [-0.25, -0.2) is 0 Å². The predicted molar refractivity (Wildman–Crippen MR) is 83.8 cm³/mol. The molecule has 6 heteroatoms. The highest BCUT2D eigenvalue weighted by atomic mass is 35.5. The van der Waals surface area contributed by atoms with Crippen LogP contribution in [0.2, 0.25) is 5.02 Å². The summed E-state index contributed by atoms with van der Waals surface area (Å²) < 4.78 is 13.4. The number of aromatic nitrogens is 2. The second-order valence-electron chi connectivity index (χ2n) is 4.87. The zero-order chi connectivity index (χ0) is 14.4. The maximum absolute atomic E-state index is 6.01. The van der Waals surface area contributed by atoms with Crippen molar-refractivity contribution in [2.24, 2.45) is 0 Å². The first-order valence-electron chi connectivity index (χ1n) is 6.47. The molecule has 0 fully saturated rings. The summed E-state index contributed by atoms with van der Waals surface area (Å²) in [5.41, 5.74) is 3.07. The fraction of sp³-hybridized carbons (Fsp3) is 0.133. The lowest BCUT2D eigenvalue weighted by molar-refractivity contribution is 0.174. The monoisotopic (exact) mass is 318 g/mol. The van der Waals surface area contributed by atoms with E-state index in [0.29, 0.717) is 16.3 Å². The number of aromatic amines is 1. The molecule has 0 radical (unpaired) electrons. The van der Waals surface area contributed by atoms with Gasteiger partial charge in [0.1, 0.15) is 0 Å². The van der Waals surface area contributed by atoms with Gasteiger partial charge < -0.3 is 19.0 Å². The molecule has 4 nitrogen and oxygen atoms in total. The first-order valence-corrected chi connectivity index (χ1v) is 7.26. The van der Waals surface area contributed by atoms with E-state index in [9.17, 15) is 0 Å². The van der Waals surface area contributed by atoms with Crippen molar-refractivity contribution in [1.29, 1.82) is 0 Å². The molecule has 3 aromatic rings. The van der Waals surface area contributed by atoms with Crippen molar-refractivity contribution in [2.45, 2.75) is 6.54 Å². The Morgan fingerprint density at radius 2 is 2.00 bits per heavy atom. The molecule has 106 valence electrons. The van der Waals surface area contributed by atoms with Gasteiger partial charge in [0, 0.05) is 5.02 Å². The summed E-state index contributed by atoms with van der Waals surface area (Å²) in [5.74, 6) is 1.56. The third-order valence-corrected chi connectivity index (χ3v) is 4.07. The minimum atomic E-state index is 0.282. The van der Waals surface area contributed by atoms with E-state index in [4.69, 9.17) is 33.3 Å². The van der Waals surface area contributed by atoms with E-state index >= 15 is 0 Å². The highest BCUT2D eigenvalue weighted by molar-refractivity contribution is 7.71. The van der Waals surface area contributed by atoms with Gasteiger partial charge >= 0.3 is 0 Å². The average molecular weight is 319 g/mol. The Morgan fingerprint density at radius 1 is 1.14 bits per heavy atom. The molecule has 2 aromatic carbocycles. The lowest BCUT2D eigenvalue weighted by Gasteiger charge is -2.06. The Labute approximate surface area is 130 Å². The van der Waals surface area contributed by atoms with Crippen molar-refractivity contribution in [3.8, 4) is 11.5 Å².